The molecule has 0 saturated carbocycles. The molecule has 0 aliphatic carbocycles. The molecule has 1 aromatic rings. The maximum absolute atomic E-state index is 5.22. The number of aryl methyl sites for hydroxylation is 1. The Balaban J connectivity index is 2.06. The van der Waals surface area contributed by atoms with Gasteiger partial charge in [-0.2, -0.15) is 4.98 Å². The van der Waals surface area contributed by atoms with Crippen molar-refractivity contribution >= 4 is 0 Å². The molecule has 4 heteroatoms. The molecule has 0 bridgehead atoms. The van der Waals surface area contributed by atoms with Gasteiger partial charge in [-0.15, -0.1) is 0 Å². The fourth-order valence-electron chi connectivity index (χ4n) is 1.85. The highest BCUT2D eigenvalue weighted by Crippen LogP contribution is 2.25. The van der Waals surface area contributed by atoms with Crippen molar-refractivity contribution < 1.29 is 4.52 Å². The summed E-state index contributed by atoms with van der Waals surface area (Å²) in [6.07, 6.45) is 3.18. The van der Waals surface area contributed by atoms with Crippen LogP contribution in [-0.4, -0.2) is 16.7 Å². The summed E-state index contributed by atoms with van der Waals surface area (Å²) in [5, 5.41) is 7.32. The van der Waals surface area contributed by atoms with Gasteiger partial charge in [0.2, 0.25) is 5.89 Å². The van der Waals surface area contributed by atoms with E-state index in [1.807, 2.05) is 6.92 Å². The summed E-state index contributed by atoms with van der Waals surface area (Å²) >= 11 is 0. The highest BCUT2D eigenvalue weighted by atomic mass is 16.5. The SMILES string of the molecule is CCc1noc(C2CC(C)CCN2)n1. The number of nitrogens with zero attached hydrogens (tertiary/aromatic N) is 2. The van der Waals surface area contributed by atoms with Gasteiger partial charge in [0, 0.05) is 6.42 Å². The summed E-state index contributed by atoms with van der Waals surface area (Å²) in [4.78, 5) is 4.35. The predicted molar refractivity (Wildman–Crippen MR) is 52.8 cm³/mol. The molecule has 14 heavy (non-hydrogen) atoms. The Hall–Kier alpha value is -0.900. The molecular formula is C10H17N3O. The quantitative estimate of drug-likeness (QED) is 0.780. The Kier molecular flexibility index (Phi) is 2.82. The minimum Gasteiger partial charge on any atom is -0.338 e. The third kappa shape index (κ3) is 1.95. The molecule has 1 aliphatic rings. The minimum atomic E-state index is 0.270. The molecule has 2 rings (SSSR count). The van der Waals surface area contributed by atoms with Crippen molar-refractivity contribution in [2.45, 2.75) is 39.2 Å². The number of piperidine rings is 1. The summed E-state index contributed by atoms with van der Waals surface area (Å²) in [5.41, 5.74) is 0. The van der Waals surface area contributed by atoms with E-state index in [-0.39, 0.29) is 6.04 Å². The zero-order valence-corrected chi connectivity index (χ0v) is 8.79. The fraction of sp³-hybridized carbons (Fsp3) is 0.800. The van der Waals surface area contributed by atoms with Crippen LogP contribution in [-0.2, 0) is 6.42 Å². The van der Waals surface area contributed by atoms with Gasteiger partial charge >= 0.3 is 0 Å². The van der Waals surface area contributed by atoms with Crippen LogP contribution in [0.3, 0.4) is 0 Å². The molecule has 0 amide bonds. The van der Waals surface area contributed by atoms with Crippen molar-refractivity contribution in [3.8, 4) is 0 Å². The van der Waals surface area contributed by atoms with Gasteiger partial charge in [-0.3, -0.25) is 0 Å². The van der Waals surface area contributed by atoms with Gasteiger partial charge in [-0.1, -0.05) is 19.0 Å². The normalized spacial score (nSPS) is 27.9. The van der Waals surface area contributed by atoms with Gasteiger partial charge in [0.15, 0.2) is 5.82 Å². The lowest BCUT2D eigenvalue weighted by Gasteiger charge is -2.25. The fourth-order valence-corrected chi connectivity index (χ4v) is 1.85. The van der Waals surface area contributed by atoms with E-state index in [9.17, 15) is 0 Å². The average Bonchev–Trinajstić information content (AvgIpc) is 2.66. The van der Waals surface area contributed by atoms with E-state index in [1.165, 1.54) is 6.42 Å². The second-order valence-electron chi connectivity index (χ2n) is 4.04. The van der Waals surface area contributed by atoms with E-state index in [0.29, 0.717) is 0 Å². The summed E-state index contributed by atoms with van der Waals surface area (Å²) in [5.74, 6) is 2.31. The molecular weight excluding hydrogens is 178 g/mol. The lowest BCUT2D eigenvalue weighted by Crippen LogP contribution is -2.30. The van der Waals surface area contributed by atoms with Crippen molar-refractivity contribution in [1.29, 1.82) is 0 Å². The van der Waals surface area contributed by atoms with Gasteiger partial charge in [0.25, 0.3) is 0 Å². The molecule has 0 radical (unpaired) electrons. The van der Waals surface area contributed by atoms with Crippen LogP contribution in [0.2, 0.25) is 0 Å². The molecule has 1 N–H and O–H groups in total. The van der Waals surface area contributed by atoms with E-state index in [4.69, 9.17) is 4.52 Å². The van der Waals surface area contributed by atoms with E-state index >= 15 is 0 Å². The summed E-state index contributed by atoms with van der Waals surface area (Å²) in [6, 6.07) is 0.270. The topological polar surface area (TPSA) is 51.0 Å². The number of nitrogens with one attached hydrogen (secondary N) is 1. The maximum Gasteiger partial charge on any atom is 0.243 e. The molecule has 2 atom stereocenters. The van der Waals surface area contributed by atoms with Gasteiger partial charge in [-0.05, 0) is 25.3 Å². The van der Waals surface area contributed by atoms with E-state index < -0.39 is 0 Å². The Morgan fingerprint density at radius 3 is 3.07 bits per heavy atom. The van der Waals surface area contributed by atoms with E-state index in [1.54, 1.807) is 0 Å². The smallest absolute Gasteiger partial charge is 0.243 e. The van der Waals surface area contributed by atoms with Gasteiger partial charge in [-0.25, -0.2) is 0 Å². The zero-order chi connectivity index (χ0) is 9.97. The number of hydrogen-bond donors (Lipinski definition) is 1. The van der Waals surface area contributed by atoms with Crippen LogP contribution < -0.4 is 5.32 Å². The molecule has 4 nitrogen and oxygen atoms in total. The molecule has 1 aromatic heterocycles. The predicted octanol–water partition coefficient (Wildman–Crippen LogP) is 1.69. The van der Waals surface area contributed by atoms with Crippen molar-refractivity contribution in [1.82, 2.24) is 15.5 Å². The summed E-state index contributed by atoms with van der Waals surface area (Å²) in [6.45, 7) is 5.35. The van der Waals surface area contributed by atoms with Gasteiger partial charge in [0.1, 0.15) is 0 Å². The Morgan fingerprint density at radius 2 is 2.43 bits per heavy atom. The van der Waals surface area contributed by atoms with Crippen LogP contribution >= 0.6 is 0 Å². The van der Waals surface area contributed by atoms with Crippen LogP contribution in [0.1, 0.15) is 44.4 Å². The van der Waals surface area contributed by atoms with Crippen molar-refractivity contribution in [2.75, 3.05) is 6.54 Å². The molecule has 2 unspecified atom stereocenters. The third-order valence-electron chi connectivity index (χ3n) is 2.76. The molecule has 1 fully saturated rings. The number of hydrogen-bond acceptors (Lipinski definition) is 4. The molecule has 78 valence electrons. The van der Waals surface area contributed by atoms with E-state index in [0.717, 1.165) is 37.0 Å². The lowest BCUT2D eigenvalue weighted by atomic mass is 9.94. The van der Waals surface area contributed by atoms with Crippen LogP contribution in [0.15, 0.2) is 4.52 Å². The van der Waals surface area contributed by atoms with Crippen molar-refractivity contribution in [2.24, 2.45) is 5.92 Å². The standard InChI is InChI=1S/C10H17N3O/c1-3-9-12-10(14-13-9)8-6-7(2)4-5-11-8/h7-8,11H,3-6H2,1-2H3. The van der Waals surface area contributed by atoms with Crippen molar-refractivity contribution in [3.05, 3.63) is 11.7 Å². The molecule has 2 heterocycles. The lowest BCUT2D eigenvalue weighted by molar-refractivity contribution is 0.259. The second-order valence-corrected chi connectivity index (χ2v) is 4.04. The number of aromatic nitrogens is 2. The largest absolute Gasteiger partial charge is 0.338 e. The Morgan fingerprint density at radius 1 is 1.57 bits per heavy atom. The van der Waals surface area contributed by atoms with Gasteiger partial charge in [0.05, 0.1) is 6.04 Å². The zero-order valence-electron chi connectivity index (χ0n) is 8.79. The summed E-state index contributed by atoms with van der Waals surface area (Å²) in [7, 11) is 0. The van der Waals surface area contributed by atoms with Gasteiger partial charge < -0.3 is 9.84 Å². The first-order chi connectivity index (χ1) is 6.79. The van der Waals surface area contributed by atoms with E-state index in [2.05, 4.69) is 22.4 Å². The van der Waals surface area contributed by atoms with Crippen LogP contribution in [0, 0.1) is 5.92 Å². The molecule has 1 aliphatic heterocycles. The summed E-state index contributed by atoms with van der Waals surface area (Å²) < 4.78 is 5.22. The highest BCUT2D eigenvalue weighted by Gasteiger charge is 2.24. The molecule has 1 saturated heterocycles. The Bertz CT molecular complexity index is 297. The first-order valence-electron chi connectivity index (χ1n) is 5.35. The monoisotopic (exact) mass is 195 g/mol. The second kappa shape index (κ2) is 4.09. The minimum absolute atomic E-state index is 0.270. The number of rotatable bonds is 2. The van der Waals surface area contributed by atoms with Crippen LogP contribution in [0.4, 0.5) is 0 Å². The maximum atomic E-state index is 5.22. The molecule has 0 spiro atoms. The average molecular weight is 195 g/mol. The highest BCUT2D eigenvalue weighted by molar-refractivity contribution is 4.94. The first kappa shape index (κ1) is 9.65. The molecule has 0 aromatic carbocycles. The van der Waals surface area contributed by atoms with Crippen LogP contribution in [0.5, 0.6) is 0 Å². The van der Waals surface area contributed by atoms with Crippen molar-refractivity contribution in [3.63, 3.8) is 0 Å². The third-order valence-corrected chi connectivity index (χ3v) is 2.76. The van der Waals surface area contributed by atoms with Crippen LogP contribution in [0.25, 0.3) is 0 Å². The first-order valence-corrected chi connectivity index (χ1v) is 5.35. The Labute approximate surface area is 84.1 Å².